The van der Waals surface area contributed by atoms with Gasteiger partial charge in [0, 0.05) is 18.5 Å². The van der Waals surface area contributed by atoms with Crippen LogP contribution >= 0.6 is 24.0 Å². The number of carbonyl (C=O) groups is 2. The van der Waals surface area contributed by atoms with Crippen molar-refractivity contribution < 1.29 is 24.2 Å². The molecular formula is C16H17NO5S2. The molecule has 1 aliphatic rings. The fraction of sp³-hybridized carbons (Fsp3) is 0.312. The Morgan fingerprint density at radius 3 is 2.75 bits per heavy atom. The first-order valence-electron chi connectivity index (χ1n) is 7.15. The van der Waals surface area contributed by atoms with Crippen LogP contribution in [-0.2, 0) is 9.59 Å². The van der Waals surface area contributed by atoms with E-state index in [1.807, 2.05) is 0 Å². The molecule has 1 N–H and O–H groups in total. The molecule has 1 aliphatic heterocycles. The number of amides is 1. The fourth-order valence-electron chi connectivity index (χ4n) is 2.17. The molecule has 1 aromatic rings. The van der Waals surface area contributed by atoms with Gasteiger partial charge in [0.2, 0.25) is 0 Å². The summed E-state index contributed by atoms with van der Waals surface area (Å²) in [6.07, 6.45) is 2.06. The molecule has 1 aromatic carbocycles. The lowest BCUT2D eigenvalue weighted by Gasteiger charge is -2.13. The standard InChI is InChI=1S/C16H17NO5S2/c1-21-11-5-6-12(22-2)10(8-11)9-13-15(20)17(16(23)24-13)7-3-4-14(18)19/h5-6,8-9H,3-4,7H2,1-2H3,(H,18,19). The summed E-state index contributed by atoms with van der Waals surface area (Å²) in [7, 11) is 3.11. The zero-order valence-corrected chi connectivity index (χ0v) is 14.9. The number of nitrogens with zero attached hydrogens (tertiary/aromatic N) is 1. The third-order valence-corrected chi connectivity index (χ3v) is 4.75. The fourth-order valence-corrected chi connectivity index (χ4v) is 3.47. The van der Waals surface area contributed by atoms with E-state index >= 15 is 0 Å². The van der Waals surface area contributed by atoms with E-state index in [1.165, 1.54) is 16.7 Å². The zero-order chi connectivity index (χ0) is 17.7. The number of carboxylic acids is 1. The minimum atomic E-state index is -0.892. The predicted molar refractivity (Wildman–Crippen MR) is 96.3 cm³/mol. The highest BCUT2D eigenvalue weighted by molar-refractivity contribution is 8.26. The molecule has 0 bridgehead atoms. The number of carboxylic acid groups (broad SMARTS) is 1. The summed E-state index contributed by atoms with van der Waals surface area (Å²) in [4.78, 5) is 25.0. The summed E-state index contributed by atoms with van der Waals surface area (Å²) >= 11 is 6.42. The van der Waals surface area contributed by atoms with Gasteiger partial charge in [-0.25, -0.2) is 0 Å². The first kappa shape index (κ1) is 18.3. The molecule has 0 aliphatic carbocycles. The third kappa shape index (κ3) is 4.27. The Hall–Kier alpha value is -2.06. The summed E-state index contributed by atoms with van der Waals surface area (Å²) in [5.74, 6) is 0.156. The summed E-state index contributed by atoms with van der Waals surface area (Å²) < 4.78 is 10.9. The maximum atomic E-state index is 12.5. The molecule has 128 valence electrons. The maximum Gasteiger partial charge on any atom is 0.303 e. The van der Waals surface area contributed by atoms with Gasteiger partial charge in [-0.15, -0.1) is 0 Å². The molecule has 0 radical (unpaired) electrons. The summed E-state index contributed by atoms with van der Waals surface area (Å²) in [6.45, 7) is 0.295. The molecule has 0 aromatic heterocycles. The van der Waals surface area contributed by atoms with Crippen LogP contribution < -0.4 is 9.47 Å². The van der Waals surface area contributed by atoms with Gasteiger partial charge in [-0.1, -0.05) is 24.0 Å². The SMILES string of the molecule is COc1ccc(OC)c(C=C2SC(=S)N(CCCC(=O)O)C2=O)c1. The van der Waals surface area contributed by atoms with Crippen LogP contribution in [0.3, 0.4) is 0 Å². The summed E-state index contributed by atoms with van der Waals surface area (Å²) in [5, 5.41) is 8.69. The minimum Gasteiger partial charge on any atom is -0.497 e. The highest BCUT2D eigenvalue weighted by Crippen LogP contribution is 2.35. The Balaban J connectivity index is 2.20. The van der Waals surface area contributed by atoms with Crippen molar-refractivity contribution in [3.05, 3.63) is 28.7 Å². The Bertz CT molecular complexity index is 702. The van der Waals surface area contributed by atoms with Crippen molar-refractivity contribution in [2.75, 3.05) is 20.8 Å². The van der Waals surface area contributed by atoms with E-state index in [2.05, 4.69) is 0 Å². The molecule has 0 spiro atoms. The van der Waals surface area contributed by atoms with E-state index in [1.54, 1.807) is 38.5 Å². The lowest BCUT2D eigenvalue weighted by Crippen LogP contribution is -2.29. The number of hydrogen-bond donors (Lipinski definition) is 1. The van der Waals surface area contributed by atoms with Gasteiger partial charge >= 0.3 is 5.97 Å². The van der Waals surface area contributed by atoms with Crippen LogP contribution in [0.2, 0.25) is 0 Å². The number of rotatable bonds is 7. The predicted octanol–water partition coefficient (Wildman–Crippen LogP) is 2.77. The number of benzene rings is 1. The molecular weight excluding hydrogens is 350 g/mol. The normalized spacial score (nSPS) is 15.9. The van der Waals surface area contributed by atoms with Crippen molar-refractivity contribution in [2.45, 2.75) is 12.8 Å². The molecule has 1 fully saturated rings. The van der Waals surface area contributed by atoms with Gasteiger partial charge in [0.05, 0.1) is 19.1 Å². The van der Waals surface area contributed by atoms with Crippen molar-refractivity contribution in [3.8, 4) is 11.5 Å². The van der Waals surface area contributed by atoms with Crippen LogP contribution in [0.1, 0.15) is 18.4 Å². The van der Waals surface area contributed by atoms with E-state index in [4.69, 9.17) is 26.8 Å². The topological polar surface area (TPSA) is 76.1 Å². The highest BCUT2D eigenvalue weighted by atomic mass is 32.2. The van der Waals surface area contributed by atoms with Crippen LogP contribution in [0.4, 0.5) is 0 Å². The average Bonchev–Trinajstić information content (AvgIpc) is 2.81. The highest BCUT2D eigenvalue weighted by Gasteiger charge is 2.31. The number of carbonyl (C=O) groups excluding carboxylic acids is 1. The second-order valence-electron chi connectivity index (χ2n) is 4.94. The van der Waals surface area contributed by atoms with Gasteiger partial charge in [-0.3, -0.25) is 14.5 Å². The lowest BCUT2D eigenvalue weighted by atomic mass is 10.1. The number of methoxy groups -OCH3 is 2. The molecule has 1 heterocycles. The van der Waals surface area contributed by atoms with E-state index < -0.39 is 5.97 Å². The second-order valence-corrected chi connectivity index (χ2v) is 6.61. The van der Waals surface area contributed by atoms with Gasteiger partial charge < -0.3 is 14.6 Å². The zero-order valence-electron chi connectivity index (χ0n) is 13.3. The number of thioether (sulfide) groups is 1. The van der Waals surface area contributed by atoms with E-state index in [0.717, 1.165) is 0 Å². The number of aliphatic carboxylic acids is 1. The smallest absolute Gasteiger partial charge is 0.303 e. The van der Waals surface area contributed by atoms with Crippen molar-refractivity contribution in [1.29, 1.82) is 0 Å². The largest absolute Gasteiger partial charge is 0.497 e. The van der Waals surface area contributed by atoms with Gasteiger partial charge in [0.15, 0.2) is 0 Å². The molecule has 0 saturated carbocycles. The van der Waals surface area contributed by atoms with Gasteiger partial charge in [-0.05, 0) is 30.7 Å². The van der Waals surface area contributed by atoms with Crippen molar-refractivity contribution >= 4 is 46.3 Å². The second kappa shape index (κ2) is 8.16. The molecule has 0 atom stereocenters. The number of hydrogen-bond acceptors (Lipinski definition) is 6. The van der Waals surface area contributed by atoms with Crippen LogP contribution in [0.5, 0.6) is 11.5 Å². The van der Waals surface area contributed by atoms with Crippen LogP contribution in [-0.4, -0.2) is 47.0 Å². The first-order chi connectivity index (χ1) is 11.5. The quantitative estimate of drug-likeness (QED) is 0.586. The van der Waals surface area contributed by atoms with Crippen LogP contribution in [0, 0.1) is 0 Å². The molecule has 0 unspecified atom stereocenters. The molecule has 24 heavy (non-hydrogen) atoms. The minimum absolute atomic E-state index is 0.000184. The first-order valence-corrected chi connectivity index (χ1v) is 8.38. The van der Waals surface area contributed by atoms with Gasteiger partial charge in [0.25, 0.3) is 5.91 Å². The number of ether oxygens (including phenoxy) is 2. The Kier molecular flexibility index (Phi) is 6.22. The van der Waals surface area contributed by atoms with Crippen molar-refractivity contribution in [1.82, 2.24) is 4.90 Å². The molecule has 6 nitrogen and oxygen atoms in total. The molecule has 1 saturated heterocycles. The summed E-state index contributed by atoms with van der Waals surface area (Å²) in [5.41, 5.74) is 0.711. The molecule has 2 rings (SSSR count). The number of thiocarbonyl (C=S) groups is 1. The average molecular weight is 367 g/mol. The Morgan fingerprint density at radius 2 is 2.12 bits per heavy atom. The molecule has 8 heteroatoms. The van der Waals surface area contributed by atoms with Gasteiger partial charge in [-0.2, -0.15) is 0 Å². The Morgan fingerprint density at radius 1 is 1.38 bits per heavy atom. The van der Waals surface area contributed by atoms with Crippen molar-refractivity contribution in [3.63, 3.8) is 0 Å². The third-order valence-electron chi connectivity index (χ3n) is 3.37. The molecule has 1 amide bonds. The van der Waals surface area contributed by atoms with Gasteiger partial charge in [0.1, 0.15) is 15.8 Å². The van der Waals surface area contributed by atoms with E-state index in [9.17, 15) is 9.59 Å². The van der Waals surface area contributed by atoms with E-state index in [-0.39, 0.29) is 12.3 Å². The lowest BCUT2D eigenvalue weighted by molar-refractivity contribution is -0.137. The maximum absolute atomic E-state index is 12.5. The monoisotopic (exact) mass is 367 g/mol. The summed E-state index contributed by atoms with van der Waals surface area (Å²) in [6, 6.07) is 5.31. The van der Waals surface area contributed by atoms with Crippen LogP contribution in [0.25, 0.3) is 6.08 Å². The van der Waals surface area contributed by atoms with Crippen molar-refractivity contribution in [2.24, 2.45) is 0 Å². The Labute approximate surface area is 149 Å². The van der Waals surface area contributed by atoms with E-state index in [0.29, 0.717) is 39.3 Å². The van der Waals surface area contributed by atoms with Crippen LogP contribution in [0.15, 0.2) is 23.1 Å².